The minimum absolute atomic E-state index is 0.0963. The monoisotopic (exact) mass is 1140 g/mol. The van der Waals surface area contributed by atoms with Crippen LogP contribution < -0.4 is 0 Å². The molecule has 0 saturated heterocycles. The third-order valence-corrected chi connectivity index (χ3v) is 14.0. The Balaban J connectivity index is 4.36. The van der Waals surface area contributed by atoms with Gasteiger partial charge >= 0.3 is 17.9 Å². The van der Waals surface area contributed by atoms with Crippen molar-refractivity contribution in [3.05, 3.63) is 158 Å². The van der Waals surface area contributed by atoms with Crippen molar-refractivity contribution in [2.24, 2.45) is 0 Å². The first-order chi connectivity index (χ1) is 41.0. The number of rotatable bonds is 60. The van der Waals surface area contributed by atoms with Gasteiger partial charge in [0.05, 0.1) is 0 Å². The van der Waals surface area contributed by atoms with Gasteiger partial charge in [0.1, 0.15) is 13.2 Å². The van der Waals surface area contributed by atoms with Gasteiger partial charge in [0.2, 0.25) is 0 Å². The van der Waals surface area contributed by atoms with E-state index in [0.29, 0.717) is 12.8 Å². The fourth-order valence-electron chi connectivity index (χ4n) is 9.01. The molecule has 0 saturated carbocycles. The molecule has 0 radical (unpaired) electrons. The molecule has 0 heterocycles. The number of carbonyl (C=O) groups is 3. The van der Waals surface area contributed by atoms with Crippen molar-refractivity contribution >= 4 is 17.9 Å². The van der Waals surface area contributed by atoms with Crippen LogP contribution >= 0.6 is 0 Å². The number of hydrogen-bond donors (Lipinski definition) is 0. The van der Waals surface area contributed by atoms with E-state index in [9.17, 15) is 14.4 Å². The van der Waals surface area contributed by atoms with Crippen molar-refractivity contribution in [1.29, 1.82) is 0 Å². The van der Waals surface area contributed by atoms with E-state index in [-0.39, 0.29) is 37.5 Å². The SMILES string of the molecule is CC/C=C\C/C=C\C/C=C\C/C=C\C/C=C\C/C=C\C/C=C\CCCCCC(=O)OC(COC(=O)CCCCCCCCCCCCC)COC(=O)CCCCCCCCCCCC/C=C\C/C=C\C/C=C\C/C=C\C/C=C\C/C=C\CC. The van der Waals surface area contributed by atoms with Crippen molar-refractivity contribution in [3.8, 4) is 0 Å². The summed E-state index contributed by atoms with van der Waals surface area (Å²) in [5.74, 6) is -0.934. The van der Waals surface area contributed by atoms with Crippen LogP contribution in [-0.4, -0.2) is 37.2 Å². The molecule has 468 valence electrons. The summed E-state index contributed by atoms with van der Waals surface area (Å²) < 4.78 is 16.9. The summed E-state index contributed by atoms with van der Waals surface area (Å²) in [5.41, 5.74) is 0. The highest BCUT2D eigenvalue weighted by molar-refractivity contribution is 5.71. The van der Waals surface area contributed by atoms with Crippen LogP contribution in [0.4, 0.5) is 0 Å². The molecule has 0 amide bonds. The summed E-state index contributed by atoms with van der Waals surface area (Å²) in [4.78, 5) is 38.3. The van der Waals surface area contributed by atoms with E-state index in [1.165, 1.54) is 103 Å². The molecule has 0 aromatic carbocycles. The maximum absolute atomic E-state index is 12.9. The molecule has 1 unspecified atom stereocenters. The van der Waals surface area contributed by atoms with Crippen LogP contribution in [0.1, 0.15) is 290 Å². The van der Waals surface area contributed by atoms with Crippen molar-refractivity contribution in [3.63, 3.8) is 0 Å². The number of esters is 3. The average molecular weight is 1150 g/mol. The Morgan fingerprint density at radius 2 is 0.470 bits per heavy atom. The number of ether oxygens (including phenoxy) is 3. The van der Waals surface area contributed by atoms with Crippen molar-refractivity contribution in [2.75, 3.05) is 13.2 Å². The molecule has 0 bridgehead atoms. The summed E-state index contributed by atoms with van der Waals surface area (Å²) >= 11 is 0. The molecule has 0 spiro atoms. The molecule has 6 nitrogen and oxygen atoms in total. The van der Waals surface area contributed by atoms with Crippen molar-refractivity contribution < 1.29 is 28.6 Å². The van der Waals surface area contributed by atoms with Gasteiger partial charge in [0.25, 0.3) is 0 Å². The van der Waals surface area contributed by atoms with Gasteiger partial charge in [-0.25, -0.2) is 0 Å². The largest absolute Gasteiger partial charge is 0.462 e. The van der Waals surface area contributed by atoms with E-state index in [0.717, 1.165) is 148 Å². The number of unbranched alkanes of at least 4 members (excludes halogenated alkanes) is 23. The Kier molecular flexibility index (Phi) is 65.4. The predicted molar refractivity (Wildman–Crippen MR) is 362 cm³/mol. The van der Waals surface area contributed by atoms with Crippen LogP contribution in [0.5, 0.6) is 0 Å². The van der Waals surface area contributed by atoms with E-state index < -0.39 is 6.10 Å². The smallest absolute Gasteiger partial charge is 0.306 e. The maximum Gasteiger partial charge on any atom is 0.306 e. The highest BCUT2D eigenvalue weighted by Gasteiger charge is 2.19. The van der Waals surface area contributed by atoms with Gasteiger partial charge in [-0.1, -0.05) is 301 Å². The third kappa shape index (κ3) is 67.7. The summed E-state index contributed by atoms with van der Waals surface area (Å²) in [6.07, 6.45) is 101. The zero-order valence-electron chi connectivity index (χ0n) is 53.7. The molecule has 0 N–H and O–H groups in total. The molecule has 0 fully saturated rings. The molecule has 0 aromatic heterocycles. The minimum atomic E-state index is -0.804. The summed E-state index contributed by atoms with van der Waals surface area (Å²) in [5, 5.41) is 0. The number of allylic oxidation sites excluding steroid dienone is 26. The third-order valence-electron chi connectivity index (χ3n) is 14.0. The summed E-state index contributed by atoms with van der Waals surface area (Å²) in [6.45, 7) is 6.38. The second-order valence-corrected chi connectivity index (χ2v) is 22.0. The van der Waals surface area contributed by atoms with E-state index in [1.54, 1.807) is 0 Å². The Bertz CT molecular complexity index is 1840. The lowest BCUT2D eigenvalue weighted by Gasteiger charge is -2.18. The highest BCUT2D eigenvalue weighted by Crippen LogP contribution is 2.15. The molecule has 0 aliphatic carbocycles. The number of carbonyl (C=O) groups excluding carboxylic acids is 3. The van der Waals surface area contributed by atoms with Crippen LogP contribution in [0, 0.1) is 0 Å². The first-order valence-electron chi connectivity index (χ1n) is 34.0. The van der Waals surface area contributed by atoms with Crippen LogP contribution in [-0.2, 0) is 28.6 Å². The second-order valence-electron chi connectivity index (χ2n) is 22.0. The summed E-state index contributed by atoms with van der Waals surface area (Å²) in [6, 6.07) is 0. The van der Waals surface area contributed by atoms with Crippen molar-refractivity contribution in [2.45, 2.75) is 297 Å². The lowest BCUT2D eigenvalue weighted by atomic mass is 10.1. The molecule has 6 heteroatoms. The van der Waals surface area contributed by atoms with Crippen LogP contribution in [0.2, 0.25) is 0 Å². The maximum atomic E-state index is 12.9. The lowest BCUT2D eigenvalue weighted by molar-refractivity contribution is -0.167. The van der Waals surface area contributed by atoms with E-state index in [1.807, 2.05) is 0 Å². The zero-order chi connectivity index (χ0) is 59.9. The molecule has 0 aliphatic rings. The molecule has 83 heavy (non-hydrogen) atoms. The Morgan fingerprint density at radius 3 is 0.747 bits per heavy atom. The van der Waals surface area contributed by atoms with Gasteiger partial charge in [-0.3, -0.25) is 14.4 Å². The topological polar surface area (TPSA) is 78.9 Å². The van der Waals surface area contributed by atoms with E-state index in [4.69, 9.17) is 14.2 Å². The van der Waals surface area contributed by atoms with Crippen LogP contribution in [0.25, 0.3) is 0 Å². The minimum Gasteiger partial charge on any atom is -0.462 e. The fraction of sp³-hybridized carbons (Fsp3) is 0.623. The van der Waals surface area contributed by atoms with Gasteiger partial charge in [-0.05, 0) is 128 Å². The van der Waals surface area contributed by atoms with E-state index >= 15 is 0 Å². The van der Waals surface area contributed by atoms with Gasteiger partial charge in [-0.2, -0.15) is 0 Å². The molecule has 0 rings (SSSR count). The quantitative estimate of drug-likeness (QED) is 0.0261. The first kappa shape index (κ1) is 78.0. The standard InChI is InChI=1S/C77H124O6/c1-4-7-10-13-16-19-22-24-26-28-30-32-34-36-37-38-39-41-42-44-46-48-50-52-55-58-61-64-67-70-76(79)82-73-74(72-81-75(78)69-66-63-60-57-54-21-18-15-12-9-6-3)83-77(80)71-68-65-62-59-56-53-51-49-47-45-43-40-35-33-31-29-27-25-23-20-17-14-11-8-5-2/h7-8,10-11,16-17,19-20,24-27,30-33,36-37,39-41,43,47,49,53,56,74H,4-6,9,12-15,18,21-23,28-29,34-35,38,42,44-46,48,50-52,54-55,57-73H2,1-3H3/b10-7-,11-8-,19-16-,20-17-,26-24-,27-25-,32-30-,33-31-,37-36-,41-39-,43-40-,49-47-,56-53-. The number of hydrogen-bond acceptors (Lipinski definition) is 6. The van der Waals surface area contributed by atoms with Crippen molar-refractivity contribution in [1.82, 2.24) is 0 Å². The lowest BCUT2D eigenvalue weighted by Crippen LogP contribution is -2.30. The van der Waals surface area contributed by atoms with Crippen LogP contribution in [0.3, 0.4) is 0 Å². The van der Waals surface area contributed by atoms with E-state index in [2.05, 4.69) is 179 Å². The average Bonchev–Trinajstić information content (AvgIpc) is 3.48. The Labute approximate surface area is 511 Å². The normalized spacial score (nSPS) is 13.1. The second kappa shape index (κ2) is 69.5. The Morgan fingerprint density at radius 1 is 0.253 bits per heavy atom. The summed E-state index contributed by atoms with van der Waals surface area (Å²) in [7, 11) is 0. The van der Waals surface area contributed by atoms with Gasteiger partial charge in [-0.15, -0.1) is 0 Å². The highest BCUT2D eigenvalue weighted by atomic mass is 16.6. The first-order valence-corrected chi connectivity index (χ1v) is 34.0. The van der Waals surface area contributed by atoms with Gasteiger partial charge in [0, 0.05) is 19.3 Å². The molecule has 1 atom stereocenters. The Hall–Kier alpha value is -4.97. The zero-order valence-corrected chi connectivity index (χ0v) is 53.7. The molecule has 0 aliphatic heterocycles. The molecular formula is C77H124O6. The van der Waals surface area contributed by atoms with Crippen LogP contribution in [0.15, 0.2) is 158 Å². The molecular weight excluding hydrogens is 1020 g/mol. The molecule has 0 aromatic rings. The predicted octanol–water partition coefficient (Wildman–Crippen LogP) is 23.7. The fourth-order valence-corrected chi connectivity index (χ4v) is 9.01. The van der Waals surface area contributed by atoms with Gasteiger partial charge < -0.3 is 14.2 Å². The van der Waals surface area contributed by atoms with Gasteiger partial charge in [0.15, 0.2) is 6.10 Å².